The van der Waals surface area contributed by atoms with E-state index in [4.69, 9.17) is 9.15 Å². The average Bonchev–Trinajstić information content (AvgIpc) is 3.14. The van der Waals surface area contributed by atoms with Gasteiger partial charge in [-0.1, -0.05) is 42.5 Å². The Morgan fingerprint density at radius 2 is 1.88 bits per heavy atom. The number of hydrogen-bond acceptors (Lipinski definition) is 6. The molecular formula is C19H14N2O5. The van der Waals surface area contributed by atoms with Crippen molar-refractivity contribution >= 4 is 17.7 Å². The standard InChI is InChI=1S/C19H14N2O5/c22-19(11-10-14-6-4-5-9-16(14)21(23)24)25-13-18-20-12-17(26-18)15-7-2-1-3-8-15/h1-12H,13H2/b11-10+. The SMILES string of the molecule is O=C(/C=C/c1ccccc1[N+](=O)[O-])OCc1ncc(-c2ccccc2)o1. The van der Waals surface area contributed by atoms with Crippen LogP contribution in [0.5, 0.6) is 0 Å². The molecule has 0 aliphatic carbocycles. The number of oxazole rings is 1. The molecule has 0 unspecified atom stereocenters. The van der Waals surface area contributed by atoms with E-state index in [9.17, 15) is 14.9 Å². The Morgan fingerprint density at radius 1 is 1.15 bits per heavy atom. The van der Waals surface area contributed by atoms with Crippen molar-refractivity contribution in [3.05, 3.63) is 88.4 Å². The lowest BCUT2D eigenvalue weighted by Gasteiger charge is -1.99. The molecular weight excluding hydrogens is 336 g/mol. The van der Waals surface area contributed by atoms with E-state index >= 15 is 0 Å². The molecule has 7 heteroatoms. The van der Waals surface area contributed by atoms with Crippen LogP contribution in [0.25, 0.3) is 17.4 Å². The lowest BCUT2D eigenvalue weighted by molar-refractivity contribution is -0.385. The zero-order valence-corrected chi connectivity index (χ0v) is 13.6. The van der Waals surface area contributed by atoms with E-state index in [0.717, 1.165) is 11.6 Å². The Morgan fingerprint density at radius 3 is 2.65 bits per heavy atom. The minimum absolute atomic E-state index is 0.0863. The number of esters is 1. The van der Waals surface area contributed by atoms with Gasteiger partial charge in [-0.25, -0.2) is 9.78 Å². The highest BCUT2D eigenvalue weighted by molar-refractivity contribution is 5.87. The first-order valence-electron chi connectivity index (χ1n) is 7.72. The first-order valence-corrected chi connectivity index (χ1v) is 7.72. The summed E-state index contributed by atoms with van der Waals surface area (Å²) in [6.45, 7) is -0.132. The van der Waals surface area contributed by atoms with Crippen molar-refractivity contribution in [1.82, 2.24) is 4.98 Å². The number of benzene rings is 2. The van der Waals surface area contributed by atoms with Crippen LogP contribution in [0.4, 0.5) is 5.69 Å². The lowest BCUT2D eigenvalue weighted by Crippen LogP contribution is -2.01. The molecule has 0 spiro atoms. The number of nitrogens with zero attached hydrogens (tertiary/aromatic N) is 2. The predicted molar refractivity (Wildman–Crippen MR) is 93.9 cm³/mol. The first-order chi connectivity index (χ1) is 12.6. The van der Waals surface area contributed by atoms with Crippen LogP contribution in [0.1, 0.15) is 11.5 Å². The summed E-state index contributed by atoms with van der Waals surface area (Å²) in [5.41, 5.74) is 1.10. The predicted octanol–water partition coefficient (Wildman–Crippen LogP) is 4.01. The summed E-state index contributed by atoms with van der Waals surface area (Å²) in [6.07, 6.45) is 4.02. The van der Waals surface area contributed by atoms with Crippen molar-refractivity contribution in [1.29, 1.82) is 0 Å². The molecule has 2 aromatic carbocycles. The van der Waals surface area contributed by atoms with Gasteiger partial charge in [0, 0.05) is 17.7 Å². The molecule has 0 aliphatic heterocycles. The zero-order chi connectivity index (χ0) is 18.4. The number of para-hydroxylation sites is 1. The maximum Gasteiger partial charge on any atom is 0.331 e. The lowest BCUT2D eigenvalue weighted by atomic mass is 10.1. The number of rotatable bonds is 6. The Labute approximate surface area is 148 Å². The van der Waals surface area contributed by atoms with Crippen molar-refractivity contribution in [2.75, 3.05) is 0 Å². The molecule has 0 radical (unpaired) electrons. The van der Waals surface area contributed by atoms with Gasteiger partial charge in [-0.3, -0.25) is 10.1 Å². The number of ether oxygens (including phenoxy) is 1. The van der Waals surface area contributed by atoms with Crippen LogP contribution in [0.2, 0.25) is 0 Å². The molecule has 1 aromatic heterocycles. The van der Waals surface area contributed by atoms with E-state index in [1.54, 1.807) is 24.4 Å². The monoisotopic (exact) mass is 350 g/mol. The van der Waals surface area contributed by atoms with E-state index in [-0.39, 0.29) is 18.2 Å². The minimum atomic E-state index is -0.650. The molecule has 0 bridgehead atoms. The fourth-order valence-corrected chi connectivity index (χ4v) is 2.25. The van der Waals surface area contributed by atoms with Gasteiger partial charge in [-0.2, -0.15) is 0 Å². The van der Waals surface area contributed by atoms with Gasteiger partial charge >= 0.3 is 5.97 Å². The highest BCUT2D eigenvalue weighted by Crippen LogP contribution is 2.21. The zero-order valence-electron chi connectivity index (χ0n) is 13.6. The second-order valence-electron chi connectivity index (χ2n) is 5.24. The van der Waals surface area contributed by atoms with Crippen molar-refractivity contribution in [2.24, 2.45) is 0 Å². The Bertz CT molecular complexity index is 947. The van der Waals surface area contributed by atoms with Gasteiger partial charge in [-0.15, -0.1) is 0 Å². The van der Waals surface area contributed by atoms with Crippen LogP contribution in [-0.2, 0) is 16.1 Å². The summed E-state index contributed by atoms with van der Waals surface area (Å²) in [4.78, 5) is 26.3. The molecule has 0 N–H and O–H groups in total. The van der Waals surface area contributed by atoms with Gasteiger partial charge in [0.05, 0.1) is 16.7 Å². The van der Waals surface area contributed by atoms with Crippen LogP contribution in [-0.4, -0.2) is 15.9 Å². The molecule has 0 saturated carbocycles. The van der Waals surface area contributed by atoms with Crippen molar-refractivity contribution in [3.63, 3.8) is 0 Å². The van der Waals surface area contributed by atoms with Gasteiger partial charge in [0.2, 0.25) is 5.89 Å². The summed E-state index contributed by atoms with van der Waals surface area (Å²) in [5.74, 6) is 0.186. The second-order valence-corrected chi connectivity index (χ2v) is 5.24. The molecule has 26 heavy (non-hydrogen) atoms. The average molecular weight is 350 g/mol. The number of carbonyl (C=O) groups is 1. The van der Waals surface area contributed by atoms with Crippen LogP contribution < -0.4 is 0 Å². The van der Waals surface area contributed by atoms with Gasteiger partial charge in [0.15, 0.2) is 12.4 Å². The molecule has 3 rings (SSSR count). The molecule has 0 amide bonds. The summed E-state index contributed by atoms with van der Waals surface area (Å²) < 4.78 is 10.6. The highest BCUT2D eigenvalue weighted by Gasteiger charge is 2.11. The molecule has 0 aliphatic rings. The smallest absolute Gasteiger partial charge is 0.331 e. The fraction of sp³-hybridized carbons (Fsp3) is 0.0526. The molecule has 3 aromatic rings. The maximum atomic E-state index is 11.8. The van der Waals surface area contributed by atoms with Crippen LogP contribution in [0.3, 0.4) is 0 Å². The molecule has 0 fully saturated rings. The topological polar surface area (TPSA) is 95.5 Å². The quantitative estimate of drug-likeness (QED) is 0.288. The first kappa shape index (κ1) is 17.1. The molecule has 1 heterocycles. The molecule has 7 nitrogen and oxygen atoms in total. The molecule has 130 valence electrons. The van der Waals surface area contributed by atoms with Crippen LogP contribution in [0, 0.1) is 10.1 Å². The number of nitro benzene ring substituents is 1. The molecule has 0 saturated heterocycles. The van der Waals surface area contributed by atoms with Crippen LogP contribution >= 0.6 is 0 Å². The van der Waals surface area contributed by atoms with Crippen molar-refractivity contribution < 1.29 is 18.9 Å². The fourth-order valence-electron chi connectivity index (χ4n) is 2.25. The number of nitro groups is 1. The summed E-state index contributed by atoms with van der Waals surface area (Å²) in [6, 6.07) is 15.5. The third kappa shape index (κ3) is 4.21. The number of carbonyl (C=O) groups excluding carboxylic acids is 1. The van der Waals surface area contributed by atoms with Gasteiger partial charge < -0.3 is 9.15 Å². The number of hydrogen-bond donors (Lipinski definition) is 0. The van der Waals surface area contributed by atoms with Crippen molar-refractivity contribution in [3.8, 4) is 11.3 Å². The van der Waals surface area contributed by atoms with E-state index in [0.29, 0.717) is 11.3 Å². The van der Waals surface area contributed by atoms with Gasteiger partial charge in [0.1, 0.15) is 0 Å². The third-order valence-electron chi connectivity index (χ3n) is 3.48. The van der Waals surface area contributed by atoms with E-state index < -0.39 is 10.9 Å². The van der Waals surface area contributed by atoms with E-state index in [2.05, 4.69) is 4.98 Å². The Kier molecular flexibility index (Phi) is 5.19. The van der Waals surface area contributed by atoms with Gasteiger partial charge in [0.25, 0.3) is 5.69 Å². The second kappa shape index (κ2) is 7.89. The van der Waals surface area contributed by atoms with Crippen molar-refractivity contribution in [2.45, 2.75) is 6.61 Å². The van der Waals surface area contributed by atoms with E-state index in [1.165, 1.54) is 12.1 Å². The van der Waals surface area contributed by atoms with Crippen LogP contribution in [0.15, 0.2) is 71.3 Å². The largest absolute Gasteiger partial charge is 0.453 e. The highest BCUT2D eigenvalue weighted by atomic mass is 16.6. The molecule has 0 atom stereocenters. The summed E-state index contributed by atoms with van der Waals surface area (Å²) >= 11 is 0. The normalized spacial score (nSPS) is 10.8. The summed E-state index contributed by atoms with van der Waals surface area (Å²) in [7, 11) is 0. The maximum absolute atomic E-state index is 11.8. The van der Waals surface area contributed by atoms with Gasteiger partial charge in [-0.05, 0) is 12.1 Å². The Hall–Kier alpha value is -3.74. The number of aromatic nitrogens is 1. The Balaban J connectivity index is 1.60. The summed E-state index contributed by atoms with van der Waals surface area (Å²) in [5, 5.41) is 10.9. The minimum Gasteiger partial charge on any atom is -0.453 e. The third-order valence-corrected chi connectivity index (χ3v) is 3.48. The van der Waals surface area contributed by atoms with E-state index in [1.807, 2.05) is 30.3 Å².